The molecule has 168 valence electrons. The van der Waals surface area contributed by atoms with Crippen LogP contribution in [0.25, 0.3) is 10.8 Å². The van der Waals surface area contributed by atoms with Crippen molar-refractivity contribution >= 4 is 38.1 Å². The minimum Gasteiger partial charge on any atom is -0.324 e. The lowest BCUT2D eigenvalue weighted by Crippen LogP contribution is -2.30. The Bertz CT molecular complexity index is 1490. The molecule has 3 aromatic carbocycles. The topological polar surface area (TPSA) is 84.3 Å². The fourth-order valence-corrected chi connectivity index (χ4v) is 6.42. The van der Waals surface area contributed by atoms with E-state index in [0.717, 1.165) is 16.3 Å². The number of carbonyl (C=O) groups is 1. The largest absolute Gasteiger partial charge is 0.324 e. The first-order valence-electron chi connectivity index (χ1n) is 10.8. The van der Waals surface area contributed by atoms with Crippen molar-refractivity contribution in [3.8, 4) is 0 Å². The minimum absolute atomic E-state index is 0.0813. The predicted molar refractivity (Wildman–Crippen MR) is 129 cm³/mol. The van der Waals surface area contributed by atoms with E-state index in [9.17, 15) is 13.2 Å². The lowest BCUT2D eigenvalue weighted by Gasteiger charge is -2.19. The van der Waals surface area contributed by atoms with Gasteiger partial charge < -0.3 is 5.32 Å². The summed E-state index contributed by atoms with van der Waals surface area (Å²) in [4.78, 5) is 13.0. The van der Waals surface area contributed by atoms with Gasteiger partial charge in [0, 0.05) is 17.6 Å². The monoisotopic (exact) mass is 460 g/mol. The van der Waals surface area contributed by atoms with Gasteiger partial charge >= 0.3 is 0 Å². The van der Waals surface area contributed by atoms with Crippen molar-refractivity contribution in [1.82, 2.24) is 9.78 Å². The number of carbonyl (C=O) groups excluding carboxylic acids is 1. The van der Waals surface area contributed by atoms with Crippen molar-refractivity contribution < 1.29 is 13.2 Å². The van der Waals surface area contributed by atoms with Crippen LogP contribution in [0.5, 0.6) is 0 Å². The Morgan fingerprint density at radius 3 is 2.58 bits per heavy atom. The van der Waals surface area contributed by atoms with Crippen LogP contribution in [0, 0.1) is 13.8 Å². The summed E-state index contributed by atoms with van der Waals surface area (Å²) >= 11 is 0. The van der Waals surface area contributed by atoms with E-state index in [0.29, 0.717) is 35.7 Å². The molecule has 0 unspecified atom stereocenters. The Hall–Kier alpha value is -3.65. The summed E-state index contributed by atoms with van der Waals surface area (Å²) in [5, 5.41) is 9.31. The first-order valence-corrected chi connectivity index (χ1v) is 12.2. The Kier molecular flexibility index (Phi) is 5.17. The molecule has 4 aromatic rings. The average molecular weight is 461 g/mol. The zero-order valence-corrected chi connectivity index (χ0v) is 19.3. The molecule has 0 saturated heterocycles. The van der Waals surface area contributed by atoms with Gasteiger partial charge in [-0.25, -0.2) is 8.42 Å². The summed E-state index contributed by atoms with van der Waals surface area (Å²) in [5.41, 5.74) is 3.26. The maximum Gasteiger partial charge on any atom is 0.268 e. The first-order chi connectivity index (χ1) is 15.9. The fraction of sp³-hybridized carbons (Fsp3) is 0.200. The van der Waals surface area contributed by atoms with Crippen molar-refractivity contribution in [1.29, 1.82) is 0 Å². The Morgan fingerprint density at radius 1 is 1.00 bits per heavy atom. The molecule has 33 heavy (non-hydrogen) atoms. The number of nitrogens with zero attached hydrogens (tertiary/aromatic N) is 3. The second kappa shape index (κ2) is 8.04. The van der Waals surface area contributed by atoms with E-state index < -0.39 is 10.0 Å². The molecule has 0 atom stereocenters. The molecule has 1 amide bonds. The van der Waals surface area contributed by atoms with Crippen LogP contribution < -0.4 is 9.62 Å². The number of benzene rings is 3. The van der Waals surface area contributed by atoms with Crippen LogP contribution in [-0.2, 0) is 27.8 Å². The van der Waals surface area contributed by atoms with E-state index in [4.69, 9.17) is 0 Å². The van der Waals surface area contributed by atoms with Crippen LogP contribution in [0.3, 0.4) is 0 Å². The SMILES string of the molecule is Cc1nn(CC(=O)Nc2cccc3ccccc23)c(C)c1S(=O)(=O)N1CCc2ccccc21. The van der Waals surface area contributed by atoms with E-state index in [1.807, 2.05) is 66.7 Å². The normalized spacial score (nSPS) is 13.3. The lowest BCUT2D eigenvalue weighted by atomic mass is 10.1. The zero-order chi connectivity index (χ0) is 23.2. The van der Waals surface area contributed by atoms with Gasteiger partial charge in [-0.3, -0.25) is 13.8 Å². The standard InChI is InChI=1S/C25H24N4O3S/c1-17-25(33(31,32)29-15-14-20-9-4-6-13-23(20)29)18(2)28(27-17)16-24(30)26-22-12-7-10-19-8-3-5-11-21(19)22/h3-13H,14-16H2,1-2H3,(H,26,30). The van der Waals surface area contributed by atoms with Crippen LogP contribution in [-0.4, -0.2) is 30.7 Å². The molecule has 0 radical (unpaired) electrons. The average Bonchev–Trinajstić information content (AvgIpc) is 3.35. The number of anilines is 2. The molecule has 1 aromatic heterocycles. The van der Waals surface area contributed by atoms with Gasteiger partial charge in [0.2, 0.25) is 5.91 Å². The second-order valence-electron chi connectivity index (χ2n) is 8.19. The van der Waals surface area contributed by atoms with Crippen LogP contribution in [0.15, 0.2) is 71.6 Å². The van der Waals surface area contributed by atoms with E-state index in [-0.39, 0.29) is 17.3 Å². The number of fused-ring (bicyclic) bond motifs is 2. The highest BCUT2D eigenvalue weighted by atomic mass is 32.2. The van der Waals surface area contributed by atoms with Crippen LogP contribution >= 0.6 is 0 Å². The van der Waals surface area contributed by atoms with E-state index >= 15 is 0 Å². The molecule has 0 saturated carbocycles. The molecule has 0 spiro atoms. The van der Waals surface area contributed by atoms with Crippen molar-refractivity contribution in [2.45, 2.75) is 31.7 Å². The quantitative estimate of drug-likeness (QED) is 0.487. The van der Waals surface area contributed by atoms with E-state index in [1.54, 1.807) is 13.8 Å². The van der Waals surface area contributed by atoms with Gasteiger partial charge in [-0.2, -0.15) is 5.10 Å². The van der Waals surface area contributed by atoms with Crippen molar-refractivity contribution in [2.75, 3.05) is 16.2 Å². The third kappa shape index (κ3) is 3.66. The number of amides is 1. The molecule has 0 bridgehead atoms. The molecule has 1 aliphatic rings. The molecule has 7 nitrogen and oxygen atoms in total. The minimum atomic E-state index is -3.80. The summed E-state index contributed by atoms with van der Waals surface area (Å²) < 4.78 is 30.0. The molecule has 8 heteroatoms. The summed E-state index contributed by atoms with van der Waals surface area (Å²) in [5.74, 6) is -0.271. The molecule has 1 N–H and O–H groups in total. The number of aryl methyl sites for hydroxylation is 1. The number of rotatable bonds is 5. The number of hydrogen-bond donors (Lipinski definition) is 1. The van der Waals surface area contributed by atoms with E-state index in [1.165, 1.54) is 8.99 Å². The number of sulfonamides is 1. The summed E-state index contributed by atoms with van der Waals surface area (Å²) in [6, 6.07) is 21.1. The van der Waals surface area contributed by atoms with Crippen molar-refractivity contribution in [2.24, 2.45) is 0 Å². The third-order valence-corrected chi connectivity index (χ3v) is 8.13. The molecular weight excluding hydrogens is 436 g/mol. The Morgan fingerprint density at radius 2 is 1.73 bits per heavy atom. The van der Waals surface area contributed by atoms with Gasteiger partial charge in [0.1, 0.15) is 11.4 Å². The second-order valence-corrected chi connectivity index (χ2v) is 9.99. The highest BCUT2D eigenvalue weighted by Crippen LogP contribution is 2.34. The molecule has 0 fully saturated rings. The summed E-state index contributed by atoms with van der Waals surface area (Å²) in [6.45, 7) is 3.68. The molecular formula is C25H24N4O3S. The van der Waals surface area contributed by atoms with Crippen LogP contribution in [0.1, 0.15) is 17.0 Å². The third-order valence-electron chi connectivity index (χ3n) is 6.06. The number of nitrogens with one attached hydrogen (secondary N) is 1. The Labute approximate surface area is 192 Å². The predicted octanol–water partition coefficient (Wildman–Crippen LogP) is 4.04. The highest BCUT2D eigenvalue weighted by molar-refractivity contribution is 7.93. The van der Waals surface area contributed by atoms with Gasteiger partial charge in [-0.15, -0.1) is 0 Å². The summed E-state index contributed by atoms with van der Waals surface area (Å²) in [7, 11) is -3.80. The molecule has 1 aliphatic heterocycles. The van der Waals surface area contributed by atoms with Gasteiger partial charge in [0.25, 0.3) is 10.0 Å². The van der Waals surface area contributed by atoms with Gasteiger partial charge in [0.05, 0.1) is 17.1 Å². The molecule has 5 rings (SSSR count). The van der Waals surface area contributed by atoms with Crippen LogP contribution in [0.2, 0.25) is 0 Å². The first kappa shape index (κ1) is 21.2. The van der Waals surface area contributed by atoms with Gasteiger partial charge in [-0.05, 0) is 43.4 Å². The highest BCUT2D eigenvalue weighted by Gasteiger charge is 2.35. The van der Waals surface area contributed by atoms with Gasteiger partial charge in [0.15, 0.2) is 0 Å². The van der Waals surface area contributed by atoms with Crippen molar-refractivity contribution in [3.05, 3.63) is 83.7 Å². The van der Waals surface area contributed by atoms with Gasteiger partial charge in [-0.1, -0.05) is 54.6 Å². The maximum atomic E-state index is 13.5. The van der Waals surface area contributed by atoms with Crippen LogP contribution in [0.4, 0.5) is 11.4 Å². The molecule has 0 aliphatic carbocycles. The Balaban J connectivity index is 1.42. The van der Waals surface area contributed by atoms with E-state index in [2.05, 4.69) is 10.4 Å². The zero-order valence-electron chi connectivity index (χ0n) is 18.4. The smallest absolute Gasteiger partial charge is 0.268 e. The number of aromatic nitrogens is 2. The van der Waals surface area contributed by atoms with Crippen molar-refractivity contribution in [3.63, 3.8) is 0 Å². The lowest BCUT2D eigenvalue weighted by molar-refractivity contribution is -0.116. The number of para-hydroxylation sites is 1. The summed E-state index contributed by atoms with van der Waals surface area (Å²) in [6.07, 6.45) is 0.676. The maximum absolute atomic E-state index is 13.5. The fourth-order valence-electron chi connectivity index (χ4n) is 4.54. The number of hydrogen-bond acceptors (Lipinski definition) is 4. The molecule has 2 heterocycles.